The van der Waals surface area contributed by atoms with E-state index in [0.29, 0.717) is 11.1 Å². The van der Waals surface area contributed by atoms with Gasteiger partial charge in [-0.15, -0.1) is 11.3 Å². The summed E-state index contributed by atoms with van der Waals surface area (Å²) in [6.07, 6.45) is 0. The van der Waals surface area contributed by atoms with Gasteiger partial charge in [0, 0.05) is 10.9 Å². The van der Waals surface area contributed by atoms with Crippen LogP contribution in [0.15, 0.2) is 17.5 Å². The summed E-state index contributed by atoms with van der Waals surface area (Å²) in [6, 6.07) is 3.99. The Kier molecular flexibility index (Phi) is 2.65. The molecule has 2 nitrogen and oxygen atoms in total. The molecule has 2 aromatic rings. The Morgan fingerprint density at radius 1 is 1.57 bits per heavy atom. The lowest BCUT2D eigenvalue weighted by Crippen LogP contribution is -1.87. The van der Waals surface area contributed by atoms with Gasteiger partial charge in [-0.05, 0) is 22.9 Å². The predicted molar refractivity (Wildman–Crippen MR) is 62.7 cm³/mol. The highest BCUT2D eigenvalue weighted by atomic mass is 79.9. The number of hydrogen-bond donors (Lipinski definition) is 1. The normalized spacial score (nSPS) is 10.7. The van der Waals surface area contributed by atoms with E-state index in [1.165, 1.54) is 0 Å². The molecule has 0 aliphatic rings. The van der Waals surface area contributed by atoms with Gasteiger partial charge in [-0.25, -0.2) is 0 Å². The highest BCUT2D eigenvalue weighted by molar-refractivity contribution is 9.08. The van der Waals surface area contributed by atoms with Crippen LogP contribution in [0.2, 0.25) is 0 Å². The van der Waals surface area contributed by atoms with Gasteiger partial charge < -0.3 is 9.84 Å². The molecule has 0 fully saturated rings. The number of phenols is 1. The quantitative estimate of drug-likeness (QED) is 0.848. The van der Waals surface area contributed by atoms with Crippen molar-refractivity contribution in [1.82, 2.24) is 0 Å². The molecule has 0 amide bonds. The number of aromatic hydroxyl groups is 1. The zero-order valence-electron chi connectivity index (χ0n) is 7.58. The van der Waals surface area contributed by atoms with E-state index in [0.717, 1.165) is 15.6 Å². The standard InChI is InChI=1S/C10H9BrO2S/c1-13-9-8(12)7(5-11)4-6-2-3-14-10(6)9/h2-4,12H,5H2,1H3. The molecule has 14 heavy (non-hydrogen) atoms. The van der Waals surface area contributed by atoms with Crippen molar-refractivity contribution in [3.63, 3.8) is 0 Å². The van der Waals surface area contributed by atoms with Gasteiger partial charge in [0.05, 0.1) is 11.8 Å². The summed E-state index contributed by atoms with van der Waals surface area (Å²) in [4.78, 5) is 0. The number of hydrogen-bond acceptors (Lipinski definition) is 3. The molecular formula is C10H9BrO2S. The number of phenolic OH excluding ortho intramolecular Hbond substituents is 1. The Balaban J connectivity index is 2.80. The fourth-order valence-corrected chi connectivity index (χ4v) is 2.75. The average molecular weight is 273 g/mol. The second-order valence-corrected chi connectivity index (χ2v) is 4.37. The number of alkyl halides is 1. The van der Waals surface area contributed by atoms with Gasteiger partial charge in [-0.3, -0.25) is 0 Å². The Labute approximate surface area is 94.3 Å². The summed E-state index contributed by atoms with van der Waals surface area (Å²) in [5, 5.41) is 13.6. The number of fused-ring (bicyclic) bond motifs is 1. The molecule has 2 rings (SSSR count). The van der Waals surface area contributed by atoms with Crippen LogP contribution in [0.5, 0.6) is 11.5 Å². The first-order chi connectivity index (χ1) is 6.77. The van der Waals surface area contributed by atoms with Crippen molar-refractivity contribution >= 4 is 37.4 Å². The van der Waals surface area contributed by atoms with E-state index < -0.39 is 0 Å². The zero-order valence-corrected chi connectivity index (χ0v) is 9.98. The summed E-state index contributed by atoms with van der Waals surface area (Å²) >= 11 is 4.91. The maximum atomic E-state index is 9.86. The molecule has 0 unspecified atom stereocenters. The first-order valence-corrected chi connectivity index (χ1v) is 6.10. The third kappa shape index (κ3) is 1.38. The van der Waals surface area contributed by atoms with Gasteiger partial charge in [-0.1, -0.05) is 15.9 Å². The van der Waals surface area contributed by atoms with Gasteiger partial charge in [0.1, 0.15) is 0 Å². The fourth-order valence-electron chi connectivity index (χ4n) is 1.42. The lowest BCUT2D eigenvalue weighted by molar-refractivity contribution is 0.376. The van der Waals surface area contributed by atoms with Crippen LogP contribution in [0.3, 0.4) is 0 Å². The third-order valence-electron chi connectivity index (χ3n) is 2.10. The Morgan fingerprint density at radius 2 is 2.36 bits per heavy atom. The Morgan fingerprint density at radius 3 is 3.00 bits per heavy atom. The maximum Gasteiger partial charge on any atom is 0.178 e. The van der Waals surface area contributed by atoms with Crippen LogP contribution >= 0.6 is 27.3 Å². The number of thiophene rings is 1. The van der Waals surface area contributed by atoms with E-state index in [9.17, 15) is 5.11 Å². The average Bonchev–Trinajstić information content (AvgIpc) is 2.64. The van der Waals surface area contributed by atoms with E-state index >= 15 is 0 Å². The van der Waals surface area contributed by atoms with Gasteiger partial charge in [0.15, 0.2) is 11.5 Å². The summed E-state index contributed by atoms with van der Waals surface area (Å²) in [5.74, 6) is 0.811. The molecule has 0 saturated heterocycles. The summed E-state index contributed by atoms with van der Waals surface area (Å²) in [7, 11) is 1.58. The summed E-state index contributed by atoms with van der Waals surface area (Å²) in [6.45, 7) is 0. The predicted octanol–water partition coefficient (Wildman–Crippen LogP) is 3.51. The number of benzene rings is 1. The molecule has 0 atom stereocenters. The van der Waals surface area contributed by atoms with E-state index in [-0.39, 0.29) is 5.75 Å². The highest BCUT2D eigenvalue weighted by Gasteiger charge is 2.13. The topological polar surface area (TPSA) is 29.5 Å². The van der Waals surface area contributed by atoms with Crippen molar-refractivity contribution < 1.29 is 9.84 Å². The Bertz CT molecular complexity index is 464. The minimum Gasteiger partial charge on any atom is -0.504 e. The molecule has 0 radical (unpaired) electrons. The molecule has 4 heteroatoms. The number of rotatable bonds is 2. The fraction of sp³-hybridized carbons (Fsp3) is 0.200. The Hall–Kier alpha value is -0.740. The number of halogens is 1. The van der Waals surface area contributed by atoms with E-state index in [4.69, 9.17) is 4.74 Å². The molecular weight excluding hydrogens is 264 g/mol. The monoisotopic (exact) mass is 272 g/mol. The van der Waals surface area contributed by atoms with Crippen molar-refractivity contribution in [2.45, 2.75) is 5.33 Å². The van der Waals surface area contributed by atoms with Crippen molar-refractivity contribution in [2.75, 3.05) is 7.11 Å². The van der Waals surface area contributed by atoms with Gasteiger partial charge in [0.25, 0.3) is 0 Å². The van der Waals surface area contributed by atoms with Gasteiger partial charge in [0.2, 0.25) is 0 Å². The minimum atomic E-state index is 0.235. The first-order valence-electron chi connectivity index (χ1n) is 4.10. The van der Waals surface area contributed by atoms with E-state index in [1.807, 2.05) is 17.5 Å². The van der Waals surface area contributed by atoms with Crippen molar-refractivity contribution in [3.8, 4) is 11.5 Å². The van der Waals surface area contributed by atoms with E-state index in [1.54, 1.807) is 18.4 Å². The second kappa shape index (κ2) is 3.79. The molecule has 0 spiro atoms. The molecule has 0 saturated carbocycles. The molecule has 74 valence electrons. The second-order valence-electron chi connectivity index (χ2n) is 2.89. The molecule has 0 aliphatic heterocycles. The van der Waals surface area contributed by atoms with Crippen LogP contribution < -0.4 is 4.74 Å². The van der Waals surface area contributed by atoms with Crippen LogP contribution in [-0.4, -0.2) is 12.2 Å². The van der Waals surface area contributed by atoms with Crippen molar-refractivity contribution in [2.24, 2.45) is 0 Å². The molecule has 0 aliphatic carbocycles. The largest absolute Gasteiger partial charge is 0.504 e. The minimum absolute atomic E-state index is 0.235. The zero-order chi connectivity index (χ0) is 10.1. The smallest absolute Gasteiger partial charge is 0.178 e. The van der Waals surface area contributed by atoms with Crippen LogP contribution in [0.1, 0.15) is 5.56 Å². The SMILES string of the molecule is COc1c(O)c(CBr)cc2ccsc12. The van der Waals surface area contributed by atoms with Crippen LogP contribution in [-0.2, 0) is 5.33 Å². The first kappa shape index (κ1) is 9.80. The van der Waals surface area contributed by atoms with Crippen LogP contribution in [0.25, 0.3) is 10.1 Å². The highest BCUT2D eigenvalue weighted by Crippen LogP contribution is 2.41. The summed E-state index contributed by atoms with van der Waals surface area (Å²) < 4.78 is 6.19. The molecule has 1 N–H and O–H groups in total. The molecule has 1 aromatic carbocycles. The molecule has 1 aromatic heterocycles. The van der Waals surface area contributed by atoms with Crippen LogP contribution in [0, 0.1) is 0 Å². The lowest BCUT2D eigenvalue weighted by Gasteiger charge is -2.08. The van der Waals surface area contributed by atoms with E-state index in [2.05, 4.69) is 15.9 Å². The molecule has 0 bridgehead atoms. The summed E-state index contributed by atoms with van der Waals surface area (Å²) in [5.41, 5.74) is 0.854. The number of methoxy groups -OCH3 is 1. The lowest BCUT2D eigenvalue weighted by atomic mass is 10.1. The maximum absolute atomic E-state index is 9.86. The van der Waals surface area contributed by atoms with Crippen molar-refractivity contribution in [1.29, 1.82) is 0 Å². The molecule has 1 heterocycles. The van der Waals surface area contributed by atoms with Gasteiger partial charge in [-0.2, -0.15) is 0 Å². The van der Waals surface area contributed by atoms with Crippen LogP contribution in [0.4, 0.5) is 0 Å². The van der Waals surface area contributed by atoms with Gasteiger partial charge >= 0.3 is 0 Å². The third-order valence-corrected chi connectivity index (χ3v) is 3.63. The number of ether oxygens (including phenoxy) is 1. The van der Waals surface area contributed by atoms with Crippen molar-refractivity contribution in [3.05, 3.63) is 23.1 Å².